The highest BCUT2D eigenvalue weighted by Gasteiger charge is 2.27. The Morgan fingerprint density at radius 3 is 2.91 bits per heavy atom. The molecule has 0 bridgehead atoms. The standard InChI is InChI=1S/C22H25ClN6O3S/c1-3-24-20(31)14-7-5-9-28(10-14)22-27-19-18(33-22)21(32)29(12-25-19)11-16(30)26-17-13(2)6-4-8-15(17)23/h4,6,8,12,14H,3,5,7,9-11H2,1-2H3,(H,24,31)(H,26,30). The van der Waals surface area contributed by atoms with Crippen LogP contribution in [0.5, 0.6) is 0 Å². The summed E-state index contributed by atoms with van der Waals surface area (Å²) in [7, 11) is 0. The number of thiazole rings is 1. The zero-order valence-corrected chi connectivity index (χ0v) is 20.0. The fourth-order valence-corrected chi connectivity index (χ4v) is 5.16. The summed E-state index contributed by atoms with van der Waals surface area (Å²) in [5, 5.41) is 6.75. The van der Waals surface area contributed by atoms with Crippen LogP contribution in [0.1, 0.15) is 25.3 Å². The second-order valence-electron chi connectivity index (χ2n) is 7.99. The number of hydrogen-bond donors (Lipinski definition) is 2. The van der Waals surface area contributed by atoms with Crippen LogP contribution < -0.4 is 21.1 Å². The van der Waals surface area contributed by atoms with E-state index in [0.717, 1.165) is 24.9 Å². The van der Waals surface area contributed by atoms with Crippen molar-refractivity contribution < 1.29 is 9.59 Å². The molecule has 33 heavy (non-hydrogen) atoms. The Bertz CT molecular complexity index is 1240. The maximum atomic E-state index is 13.0. The maximum absolute atomic E-state index is 13.0. The number of rotatable bonds is 6. The summed E-state index contributed by atoms with van der Waals surface area (Å²) in [6, 6.07) is 5.34. The minimum absolute atomic E-state index is 0.0450. The molecule has 2 amide bonds. The normalized spacial score (nSPS) is 16.1. The van der Waals surface area contributed by atoms with Gasteiger partial charge in [0.2, 0.25) is 11.8 Å². The van der Waals surface area contributed by atoms with Crippen molar-refractivity contribution in [3.05, 3.63) is 45.5 Å². The molecule has 174 valence electrons. The predicted octanol–water partition coefficient (Wildman–Crippen LogP) is 2.81. The van der Waals surface area contributed by atoms with Crippen molar-refractivity contribution in [1.82, 2.24) is 19.9 Å². The highest BCUT2D eigenvalue weighted by Crippen LogP contribution is 2.29. The Balaban J connectivity index is 1.52. The van der Waals surface area contributed by atoms with E-state index in [9.17, 15) is 14.4 Å². The number of amides is 2. The van der Waals surface area contributed by atoms with E-state index in [0.29, 0.717) is 39.3 Å². The third-order valence-corrected chi connectivity index (χ3v) is 6.99. The molecule has 4 rings (SSSR count). The number of carbonyl (C=O) groups is 2. The average Bonchev–Trinajstić information content (AvgIpc) is 3.24. The molecule has 3 aromatic rings. The molecule has 2 aromatic heterocycles. The first-order valence-electron chi connectivity index (χ1n) is 10.8. The molecule has 1 aromatic carbocycles. The smallest absolute Gasteiger partial charge is 0.273 e. The lowest BCUT2D eigenvalue weighted by Gasteiger charge is -2.31. The van der Waals surface area contributed by atoms with Gasteiger partial charge in [0, 0.05) is 19.6 Å². The number of halogens is 1. The fraction of sp³-hybridized carbons (Fsp3) is 0.409. The molecule has 11 heteroatoms. The van der Waals surface area contributed by atoms with E-state index < -0.39 is 0 Å². The predicted molar refractivity (Wildman–Crippen MR) is 130 cm³/mol. The van der Waals surface area contributed by atoms with Gasteiger partial charge in [-0.25, -0.2) is 4.98 Å². The number of nitrogens with zero attached hydrogens (tertiary/aromatic N) is 4. The second-order valence-corrected chi connectivity index (χ2v) is 9.37. The molecule has 0 radical (unpaired) electrons. The van der Waals surface area contributed by atoms with Crippen molar-refractivity contribution in [3.63, 3.8) is 0 Å². The van der Waals surface area contributed by atoms with Gasteiger partial charge in [0.1, 0.15) is 17.6 Å². The molecule has 1 saturated heterocycles. The van der Waals surface area contributed by atoms with E-state index in [1.165, 1.54) is 22.2 Å². The first-order valence-corrected chi connectivity index (χ1v) is 12.0. The molecular formula is C22H25ClN6O3S. The number of nitrogens with one attached hydrogen (secondary N) is 2. The van der Waals surface area contributed by atoms with Gasteiger partial charge in [-0.3, -0.25) is 19.0 Å². The topological polar surface area (TPSA) is 109 Å². The Labute approximate surface area is 199 Å². The van der Waals surface area contributed by atoms with E-state index in [1.54, 1.807) is 12.1 Å². The summed E-state index contributed by atoms with van der Waals surface area (Å²) in [4.78, 5) is 48.7. The van der Waals surface area contributed by atoms with Crippen LogP contribution in [0, 0.1) is 12.8 Å². The van der Waals surface area contributed by atoms with Crippen LogP contribution in [-0.2, 0) is 16.1 Å². The summed E-state index contributed by atoms with van der Waals surface area (Å²) in [5.41, 5.74) is 1.38. The number of aromatic nitrogens is 3. The molecule has 9 nitrogen and oxygen atoms in total. The average molecular weight is 489 g/mol. The highest BCUT2D eigenvalue weighted by molar-refractivity contribution is 7.22. The Morgan fingerprint density at radius 2 is 2.15 bits per heavy atom. The minimum Gasteiger partial charge on any atom is -0.356 e. The van der Waals surface area contributed by atoms with Crippen LogP contribution in [0.3, 0.4) is 0 Å². The van der Waals surface area contributed by atoms with Crippen LogP contribution in [0.25, 0.3) is 10.3 Å². The van der Waals surface area contributed by atoms with Gasteiger partial charge in [-0.2, -0.15) is 4.98 Å². The molecule has 2 N–H and O–H groups in total. The summed E-state index contributed by atoms with van der Waals surface area (Å²) in [6.07, 6.45) is 3.04. The molecular weight excluding hydrogens is 464 g/mol. The summed E-state index contributed by atoms with van der Waals surface area (Å²) < 4.78 is 1.65. The zero-order chi connectivity index (χ0) is 23.5. The first kappa shape index (κ1) is 23.2. The van der Waals surface area contributed by atoms with E-state index in [1.807, 2.05) is 24.8 Å². The van der Waals surface area contributed by atoms with Gasteiger partial charge in [-0.1, -0.05) is 35.1 Å². The quantitative estimate of drug-likeness (QED) is 0.552. The molecule has 0 spiro atoms. The number of para-hydroxylation sites is 1. The monoisotopic (exact) mass is 488 g/mol. The number of fused-ring (bicyclic) bond motifs is 1. The van der Waals surface area contributed by atoms with Crippen LogP contribution in [-0.4, -0.2) is 46.0 Å². The van der Waals surface area contributed by atoms with E-state index in [2.05, 4.69) is 20.6 Å². The van der Waals surface area contributed by atoms with Crippen molar-refractivity contribution >= 4 is 55.9 Å². The molecule has 3 heterocycles. The fourth-order valence-electron chi connectivity index (χ4n) is 3.89. The van der Waals surface area contributed by atoms with Crippen LogP contribution in [0.2, 0.25) is 5.02 Å². The molecule has 0 aliphatic carbocycles. The number of piperidine rings is 1. The third-order valence-electron chi connectivity index (χ3n) is 5.59. The SMILES string of the molecule is CCNC(=O)C1CCCN(c2nc3ncn(CC(=O)Nc4c(C)cccc4Cl)c(=O)c3s2)C1. The third kappa shape index (κ3) is 5.01. The minimum atomic E-state index is -0.375. The summed E-state index contributed by atoms with van der Waals surface area (Å²) in [6.45, 7) is 5.48. The summed E-state index contributed by atoms with van der Waals surface area (Å²) in [5.74, 6) is -0.434. The lowest BCUT2D eigenvalue weighted by molar-refractivity contribution is -0.125. The van der Waals surface area contributed by atoms with Gasteiger partial charge in [0.15, 0.2) is 10.8 Å². The van der Waals surface area contributed by atoms with Gasteiger partial charge in [0.05, 0.1) is 16.6 Å². The Kier molecular flexibility index (Phi) is 6.94. The molecule has 1 fully saturated rings. The lowest BCUT2D eigenvalue weighted by atomic mass is 9.97. The lowest BCUT2D eigenvalue weighted by Crippen LogP contribution is -2.43. The number of carbonyl (C=O) groups excluding carboxylic acids is 2. The van der Waals surface area contributed by atoms with Crippen LogP contribution in [0.15, 0.2) is 29.3 Å². The molecule has 1 atom stereocenters. The number of hydrogen-bond acceptors (Lipinski definition) is 7. The van der Waals surface area contributed by atoms with E-state index in [4.69, 9.17) is 11.6 Å². The number of benzene rings is 1. The van der Waals surface area contributed by atoms with Crippen LogP contribution in [0.4, 0.5) is 10.8 Å². The molecule has 1 unspecified atom stereocenters. The van der Waals surface area contributed by atoms with Gasteiger partial charge in [0.25, 0.3) is 5.56 Å². The van der Waals surface area contributed by atoms with Crippen LogP contribution >= 0.6 is 22.9 Å². The van der Waals surface area contributed by atoms with Crippen molar-refractivity contribution in [2.75, 3.05) is 29.9 Å². The first-order chi connectivity index (χ1) is 15.9. The molecule has 0 saturated carbocycles. The van der Waals surface area contributed by atoms with Crippen molar-refractivity contribution in [1.29, 1.82) is 0 Å². The van der Waals surface area contributed by atoms with Gasteiger partial charge in [-0.15, -0.1) is 0 Å². The van der Waals surface area contributed by atoms with Gasteiger partial charge in [-0.05, 0) is 38.3 Å². The molecule has 1 aliphatic rings. The highest BCUT2D eigenvalue weighted by atomic mass is 35.5. The van der Waals surface area contributed by atoms with E-state index >= 15 is 0 Å². The van der Waals surface area contributed by atoms with E-state index in [-0.39, 0.29) is 29.8 Å². The van der Waals surface area contributed by atoms with Crippen molar-refractivity contribution in [3.8, 4) is 0 Å². The maximum Gasteiger partial charge on any atom is 0.273 e. The molecule has 1 aliphatic heterocycles. The van der Waals surface area contributed by atoms with Gasteiger partial charge >= 0.3 is 0 Å². The Morgan fingerprint density at radius 1 is 1.33 bits per heavy atom. The number of aryl methyl sites for hydroxylation is 1. The Hall–Kier alpha value is -2.98. The summed E-state index contributed by atoms with van der Waals surface area (Å²) >= 11 is 7.42. The van der Waals surface area contributed by atoms with Gasteiger partial charge < -0.3 is 15.5 Å². The largest absolute Gasteiger partial charge is 0.356 e. The number of anilines is 2. The van der Waals surface area contributed by atoms with Crippen molar-refractivity contribution in [2.45, 2.75) is 33.2 Å². The zero-order valence-electron chi connectivity index (χ0n) is 18.4. The van der Waals surface area contributed by atoms with Crippen molar-refractivity contribution in [2.24, 2.45) is 5.92 Å². The second kappa shape index (κ2) is 9.88.